The van der Waals surface area contributed by atoms with E-state index in [2.05, 4.69) is 0 Å². The Kier molecular flexibility index (Phi) is 2.76. The first kappa shape index (κ1) is 9.36. The molecule has 0 aliphatic rings. The molecule has 0 saturated heterocycles. The SMILES string of the molecule is [2H]c1c([2H])c(C(C)(C)CC)c([2H])c([2H])c1Cc1ccc(C)cc1. The van der Waals surface area contributed by atoms with E-state index in [4.69, 9.17) is 5.48 Å². The van der Waals surface area contributed by atoms with E-state index in [9.17, 15) is 0 Å². The Morgan fingerprint density at radius 3 is 2.05 bits per heavy atom. The normalized spacial score (nSPS) is 14.5. The largest absolute Gasteiger partial charge is 0.0646 e. The Morgan fingerprint density at radius 1 is 0.947 bits per heavy atom. The van der Waals surface area contributed by atoms with Crippen molar-refractivity contribution in [2.75, 3.05) is 0 Å². The van der Waals surface area contributed by atoms with Crippen molar-refractivity contribution in [2.45, 2.75) is 46.0 Å². The van der Waals surface area contributed by atoms with Crippen LogP contribution in [0.1, 0.15) is 54.9 Å². The predicted octanol–water partition coefficient (Wildman–Crippen LogP) is 5.27. The molecule has 0 fully saturated rings. The molecule has 0 nitrogen and oxygen atoms in total. The number of rotatable bonds is 4. The summed E-state index contributed by atoms with van der Waals surface area (Å²) in [6.45, 7) is 7.96. The van der Waals surface area contributed by atoms with Crippen LogP contribution in [0.2, 0.25) is 0 Å². The summed E-state index contributed by atoms with van der Waals surface area (Å²) in [7, 11) is 0. The second-order valence-electron chi connectivity index (χ2n) is 5.75. The molecule has 19 heavy (non-hydrogen) atoms. The van der Waals surface area contributed by atoms with Gasteiger partial charge in [0.1, 0.15) is 0 Å². The Bertz CT molecular complexity index is 686. The lowest BCUT2D eigenvalue weighted by Gasteiger charge is -2.23. The third-order valence-electron chi connectivity index (χ3n) is 3.74. The molecule has 0 bridgehead atoms. The first-order chi connectivity index (χ1) is 10.7. The molecule has 2 aromatic carbocycles. The molecule has 0 heterocycles. The Balaban J connectivity index is 2.57. The minimum absolute atomic E-state index is 0.0862. The fourth-order valence-corrected chi connectivity index (χ4v) is 1.85. The Morgan fingerprint density at radius 2 is 1.53 bits per heavy atom. The number of benzene rings is 2. The van der Waals surface area contributed by atoms with Gasteiger partial charge in [-0.05, 0) is 41.9 Å². The quantitative estimate of drug-likeness (QED) is 0.698. The summed E-state index contributed by atoms with van der Waals surface area (Å²) < 4.78 is 33.3. The summed E-state index contributed by atoms with van der Waals surface area (Å²) in [6.07, 6.45) is 1.18. The van der Waals surface area contributed by atoms with Crippen LogP contribution in [0, 0.1) is 6.92 Å². The van der Waals surface area contributed by atoms with Gasteiger partial charge in [0.2, 0.25) is 0 Å². The second-order valence-corrected chi connectivity index (χ2v) is 5.75. The highest BCUT2D eigenvalue weighted by Gasteiger charge is 2.17. The fourth-order valence-electron chi connectivity index (χ4n) is 1.85. The molecule has 0 atom stereocenters. The number of hydrogen-bond acceptors (Lipinski definition) is 0. The zero-order valence-corrected chi connectivity index (χ0v) is 12.2. The van der Waals surface area contributed by atoms with Crippen LogP contribution in [0.25, 0.3) is 0 Å². The molecule has 0 saturated carbocycles. The summed E-state index contributed by atoms with van der Waals surface area (Å²) in [5.41, 5.74) is 2.77. The highest BCUT2D eigenvalue weighted by Crippen LogP contribution is 2.27. The first-order valence-corrected chi connectivity index (χ1v) is 6.84. The van der Waals surface area contributed by atoms with Crippen LogP contribution in [0.5, 0.6) is 0 Å². The molecule has 0 spiro atoms. The second kappa shape index (κ2) is 5.61. The number of aryl methyl sites for hydroxylation is 1. The highest BCUT2D eigenvalue weighted by atomic mass is 14.2. The van der Waals surface area contributed by atoms with Gasteiger partial charge >= 0.3 is 0 Å². The third kappa shape index (κ3) is 3.47. The molecule has 0 heteroatoms. The van der Waals surface area contributed by atoms with E-state index in [1.807, 2.05) is 52.0 Å². The highest BCUT2D eigenvalue weighted by molar-refractivity contribution is 5.32. The van der Waals surface area contributed by atoms with Gasteiger partial charge in [-0.25, -0.2) is 0 Å². The van der Waals surface area contributed by atoms with Gasteiger partial charge < -0.3 is 0 Å². The van der Waals surface area contributed by atoms with Crippen molar-refractivity contribution in [3.05, 3.63) is 70.7 Å². The van der Waals surface area contributed by atoms with E-state index in [1.54, 1.807) is 0 Å². The topological polar surface area (TPSA) is 0 Å². The van der Waals surface area contributed by atoms with Crippen LogP contribution in [-0.2, 0) is 11.8 Å². The average molecular weight is 256 g/mol. The lowest BCUT2D eigenvalue weighted by Crippen LogP contribution is -2.15. The standard InChI is InChI=1S/C19H24/c1-5-19(3,4)18-12-10-17(11-13-18)14-16-8-6-15(2)7-9-16/h6-13H,5,14H2,1-4H3/i10D,11D,12D,13D. The molecule has 2 aromatic rings. The van der Waals surface area contributed by atoms with Gasteiger partial charge in [-0.15, -0.1) is 0 Å². The maximum Gasteiger partial charge on any atom is 0.0626 e. The molecule has 0 aliphatic carbocycles. The Hall–Kier alpha value is -1.56. The van der Waals surface area contributed by atoms with Gasteiger partial charge in [-0.2, -0.15) is 0 Å². The minimum Gasteiger partial charge on any atom is -0.0646 e. The lowest BCUT2D eigenvalue weighted by molar-refractivity contribution is 0.506. The molecule has 0 radical (unpaired) electrons. The maximum absolute atomic E-state index is 8.34. The summed E-state index contributed by atoms with van der Waals surface area (Å²) in [5.74, 6) is 0. The number of hydrogen-bond donors (Lipinski definition) is 0. The molecule has 100 valence electrons. The van der Waals surface area contributed by atoms with Crippen molar-refractivity contribution in [1.82, 2.24) is 0 Å². The van der Waals surface area contributed by atoms with Crippen LogP contribution >= 0.6 is 0 Å². The molecular weight excluding hydrogens is 228 g/mol. The van der Waals surface area contributed by atoms with Crippen molar-refractivity contribution in [1.29, 1.82) is 0 Å². The van der Waals surface area contributed by atoms with Crippen LogP contribution < -0.4 is 0 Å². The predicted molar refractivity (Wildman–Crippen MR) is 83.7 cm³/mol. The van der Waals surface area contributed by atoms with E-state index in [0.717, 1.165) is 17.5 Å². The van der Waals surface area contributed by atoms with Crippen LogP contribution in [-0.4, -0.2) is 0 Å². The van der Waals surface area contributed by atoms with Crippen LogP contribution in [0.15, 0.2) is 48.4 Å². The van der Waals surface area contributed by atoms with E-state index in [-0.39, 0.29) is 29.6 Å². The van der Waals surface area contributed by atoms with Crippen molar-refractivity contribution >= 4 is 0 Å². The zero-order valence-electron chi connectivity index (χ0n) is 16.2. The molecule has 0 amide bonds. The molecule has 0 N–H and O–H groups in total. The molecule has 0 unspecified atom stereocenters. The van der Waals surface area contributed by atoms with Gasteiger partial charge in [-0.1, -0.05) is 74.8 Å². The van der Waals surface area contributed by atoms with Crippen molar-refractivity contribution in [2.24, 2.45) is 0 Å². The van der Waals surface area contributed by atoms with E-state index in [1.165, 1.54) is 0 Å². The van der Waals surface area contributed by atoms with Crippen molar-refractivity contribution in [3.8, 4) is 0 Å². The van der Waals surface area contributed by atoms with Gasteiger partial charge in [0, 0.05) is 0 Å². The summed E-state index contributed by atoms with van der Waals surface area (Å²) >= 11 is 0. The van der Waals surface area contributed by atoms with Gasteiger partial charge in [0.25, 0.3) is 0 Å². The molecular formula is C19H24. The minimum atomic E-state index is -0.373. The van der Waals surface area contributed by atoms with E-state index >= 15 is 0 Å². The van der Waals surface area contributed by atoms with Crippen molar-refractivity contribution < 1.29 is 5.48 Å². The average Bonchev–Trinajstić information content (AvgIpc) is 2.51. The first-order valence-electron chi connectivity index (χ1n) is 8.84. The van der Waals surface area contributed by atoms with Crippen LogP contribution in [0.4, 0.5) is 0 Å². The monoisotopic (exact) mass is 256 g/mol. The van der Waals surface area contributed by atoms with Gasteiger partial charge in [-0.3, -0.25) is 0 Å². The van der Waals surface area contributed by atoms with E-state index < -0.39 is 0 Å². The van der Waals surface area contributed by atoms with Gasteiger partial charge in [0.15, 0.2) is 0 Å². The molecule has 0 aromatic heterocycles. The summed E-state index contributed by atoms with van der Waals surface area (Å²) in [4.78, 5) is 0. The summed E-state index contributed by atoms with van der Waals surface area (Å²) in [5, 5.41) is 0. The smallest absolute Gasteiger partial charge is 0.0626 e. The van der Waals surface area contributed by atoms with Gasteiger partial charge in [0.05, 0.1) is 5.48 Å². The third-order valence-corrected chi connectivity index (χ3v) is 3.74. The van der Waals surface area contributed by atoms with Crippen LogP contribution in [0.3, 0.4) is 0 Å². The van der Waals surface area contributed by atoms with E-state index in [0.29, 0.717) is 17.5 Å². The maximum atomic E-state index is 8.34. The zero-order chi connectivity index (χ0) is 17.4. The Labute approximate surface area is 123 Å². The van der Waals surface area contributed by atoms with Crippen molar-refractivity contribution in [3.63, 3.8) is 0 Å². The lowest BCUT2D eigenvalue weighted by atomic mass is 9.82. The molecule has 0 aliphatic heterocycles. The summed E-state index contributed by atoms with van der Waals surface area (Å²) in [6, 6.07) is 8.32. The fraction of sp³-hybridized carbons (Fsp3) is 0.368. The molecule has 2 rings (SSSR count).